The summed E-state index contributed by atoms with van der Waals surface area (Å²) >= 11 is 0. The van der Waals surface area contributed by atoms with Gasteiger partial charge in [-0.1, -0.05) is 53.6 Å². The van der Waals surface area contributed by atoms with E-state index in [9.17, 15) is 9.18 Å². The van der Waals surface area contributed by atoms with Crippen LogP contribution >= 0.6 is 0 Å². The maximum Gasteiger partial charge on any atom is 0.317 e. The second-order valence-electron chi connectivity index (χ2n) is 6.84. The lowest BCUT2D eigenvalue weighted by atomic mass is 10.0. The summed E-state index contributed by atoms with van der Waals surface area (Å²) in [5, 5.41) is 13.7. The van der Waals surface area contributed by atoms with Crippen LogP contribution in [0.4, 0.5) is 16.1 Å². The number of para-hydroxylation sites is 1. The van der Waals surface area contributed by atoms with Crippen LogP contribution in [0.15, 0.2) is 88.3 Å². The molecule has 4 aromatic rings. The van der Waals surface area contributed by atoms with E-state index in [1.165, 1.54) is 24.3 Å². The Morgan fingerprint density at radius 2 is 1.61 bits per heavy atom. The topological polar surface area (TPSA) is 92.4 Å². The molecule has 1 amide bonds. The third kappa shape index (κ3) is 3.78. The van der Waals surface area contributed by atoms with Crippen LogP contribution in [0.1, 0.15) is 11.1 Å². The van der Waals surface area contributed by atoms with Crippen LogP contribution in [0.25, 0.3) is 11.5 Å². The summed E-state index contributed by atoms with van der Waals surface area (Å²) < 4.78 is 18.8. The number of rotatable bonds is 4. The lowest BCUT2D eigenvalue weighted by molar-refractivity contribution is -0.116. The molecule has 152 valence electrons. The number of benzodiazepines with no additional fused rings is 1. The van der Waals surface area contributed by atoms with Crippen molar-refractivity contribution in [3.63, 3.8) is 0 Å². The number of hydrogen-bond acceptors (Lipinski definition) is 6. The average Bonchev–Trinajstić information content (AvgIpc) is 3.21. The van der Waals surface area contributed by atoms with Crippen molar-refractivity contribution >= 4 is 23.3 Å². The molecule has 0 bridgehead atoms. The molecule has 1 aliphatic heterocycles. The van der Waals surface area contributed by atoms with E-state index in [-0.39, 0.29) is 23.6 Å². The normalized spacial score (nSPS) is 15.5. The number of carbonyl (C=O) groups excluding carboxylic acids is 1. The van der Waals surface area contributed by atoms with Gasteiger partial charge in [0.15, 0.2) is 0 Å². The number of aromatic nitrogens is 2. The van der Waals surface area contributed by atoms with Crippen LogP contribution in [0, 0.1) is 5.82 Å². The van der Waals surface area contributed by atoms with Crippen LogP contribution in [-0.4, -0.2) is 28.0 Å². The monoisotopic (exact) mass is 413 g/mol. The average molecular weight is 413 g/mol. The molecular weight excluding hydrogens is 397 g/mol. The molecule has 1 aromatic heterocycles. The summed E-state index contributed by atoms with van der Waals surface area (Å²) in [6, 6.07) is 22.8. The van der Waals surface area contributed by atoms with Gasteiger partial charge in [0.05, 0.1) is 11.4 Å². The van der Waals surface area contributed by atoms with Crippen molar-refractivity contribution in [1.29, 1.82) is 0 Å². The number of aliphatic imine (C=N–C) groups is 1. The smallest absolute Gasteiger partial charge is 0.317 e. The van der Waals surface area contributed by atoms with Crippen molar-refractivity contribution < 1.29 is 13.6 Å². The molecule has 0 spiro atoms. The van der Waals surface area contributed by atoms with Gasteiger partial charge in [0.2, 0.25) is 12.1 Å². The van der Waals surface area contributed by atoms with Crippen molar-refractivity contribution in [2.24, 2.45) is 4.99 Å². The minimum absolute atomic E-state index is 0.0293. The van der Waals surface area contributed by atoms with Gasteiger partial charge in [-0.2, -0.15) is 0 Å². The molecule has 1 aliphatic rings. The van der Waals surface area contributed by atoms with Gasteiger partial charge in [0.25, 0.3) is 5.91 Å². The summed E-state index contributed by atoms with van der Waals surface area (Å²) in [4.78, 5) is 17.5. The zero-order chi connectivity index (χ0) is 21.2. The molecule has 0 aliphatic carbocycles. The number of benzene rings is 3. The minimum Gasteiger partial charge on any atom is -0.403 e. The molecule has 7 nitrogen and oxygen atoms in total. The van der Waals surface area contributed by atoms with Crippen molar-refractivity contribution in [1.82, 2.24) is 10.2 Å². The Bertz CT molecular complexity index is 1270. The molecule has 0 radical (unpaired) electrons. The number of nitrogens with one attached hydrogen (secondary N) is 2. The van der Waals surface area contributed by atoms with Crippen molar-refractivity contribution in [3.05, 3.63) is 95.8 Å². The first kappa shape index (κ1) is 18.7. The molecule has 0 unspecified atom stereocenters. The Balaban J connectivity index is 1.49. The van der Waals surface area contributed by atoms with Gasteiger partial charge in [-0.25, -0.2) is 9.38 Å². The highest BCUT2D eigenvalue weighted by atomic mass is 19.1. The maximum absolute atomic E-state index is 13.1. The Kier molecular flexibility index (Phi) is 4.72. The van der Waals surface area contributed by atoms with Gasteiger partial charge in [-0.15, -0.1) is 5.10 Å². The lowest BCUT2D eigenvalue weighted by Gasteiger charge is -2.11. The Labute approximate surface area is 176 Å². The number of halogens is 1. The van der Waals surface area contributed by atoms with Gasteiger partial charge in [0, 0.05) is 16.7 Å². The second kappa shape index (κ2) is 7.83. The van der Waals surface area contributed by atoms with Gasteiger partial charge in [-0.05, 0) is 30.3 Å². The molecule has 0 fully saturated rings. The lowest BCUT2D eigenvalue weighted by Crippen LogP contribution is -2.32. The Morgan fingerprint density at radius 1 is 0.871 bits per heavy atom. The highest BCUT2D eigenvalue weighted by Gasteiger charge is 2.27. The summed E-state index contributed by atoms with van der Waals surface area (Å²) in [5.74, 6) is -0.522. The molecule has 0 saturated carbocycles. The number of nitrogens with zero attached hydrogens (tertiary/aromatic N) is 3. The Hall–Kier alpha value is -4.33. The number of fused-ring (bicyclic) bond motifs is 1. The van der Waals surface area contributed by atoms with E-state index in [1.54, 1.807) is 0 Å². The molecule has 2 heterocycles. The van der Waals surface area contributed by atoms with Crippen LogP contribution in [0.2, 0.25) is 0 Å². The zero-order valence-electron chi connectivity index (χ0n) is 16.1. The molecule has 1 atom stereocenters. The van der Waals surface area contributed by atoms with Crippen LogP contribution in [0.5, 0.6) is 0 Å². The van der Waals surface area contributed by atoms with Crippen molar-refractivity contribution in [2.75, 3.05) is 10.6 Å². The fraction of sp³-hybridized carbons (Fsp3) is 0.0435. The number of amides is 1. The summed E-state index contributed by atoms with van der Waals surface area (Å²) in [7, 11) is 0. The van der Waals surface area contributed by atoms with E-state index < -0.39 is 6.17 Å². The summed E-state index contributed by atoms with van der Waals surface area (Å²) in [6.07, 6.45) is -0.996. The highest BCUT2D eigenvalue weighted by molar-refractivity contribution is 6.19. The fourth-order valence-corrected chi connectivity index (χ4v) is 3.29. The zero-order valence-corrected chi connectivity index (χ0v) is 16.1. The maximum atomic E-state index is 13.1. The number of hydrogen-bond donors (Lipinski definition) is 2. The van der Waals surface area contributed by atoms with Crippen LogP contribution < -0.4 is 10.6 Å². The van der Waals surface area contributed by atoms with E-state index in [4.69, 9.17) is 4.42 Å². The van der Waals surface area contributed by atoms with E-state index in [0.717, 1.165) is 11.1 Å². The first-order chi connectivity index (χ1) is 15.2. The first-order valence-corrected chi connectivity index (χ1v) is 9.57. The van der Waals surface area contributed by atoms with Crippen molar-refractivity contribution in [2.45, 2.75) is 6.17 Å². The molecule has 3 aromatic carbocycles. The van der Waals surface area contributed by atoms with Crippen LogP contribution in [-0.2, 0) is 4.79 Å². The second-order valence-corrected chi connectivity index (χ2v) is 6.84. The van der Waals surface area contributed by atoms with E-state index >= 15 is 0 Å². The van der Waals surface area contributed by atoms with Gasteiger partial charge in [-0.3, -0.25) is 4.79 Å². The third-order valence-electron chi connectivity index (χ3n) is 4.77. The summed E-state index contributed by atoms with van der Waals surface area (Å²) in [5.41, 5.74) is 3.56. The van der Waals surface area contributed by atoms with Crippen molar-refractivity contribution in [3.8, 4) is 11.5 Å². The Morgan fingerprint density at radius 3 is 2.42 bits per heavy atom. The fourth-order valence-electron chi connectivity index (χ4n) is 3.29. The molecular formula is C23H16FN5O2. The summed E-state index contributed by atoms with van der Waals surface area (Å²) in [6.45, 7) is 0. The SMILES string of the molecule is O=C1Nc2ccccc2C(c2ccccc2)=N[C@@H]1Nc1nnc(-c2ccc(F)cc2)o1. The number of anilines is 2. The van der Waals surface area contributed by atoms with E-state index in [2.05, 4.69) is 25.8 Å². The van der Waals surface area contributed by atoms with E-state index in [0.29, 0.717) is 17.0 Å². The van der Waals surface area contributed by atoms with Gasteiger partial charge >= 0.3 is 6.01 Å². The van der Waals surface area contributed by atoms with Gasteiger partial charge < -0.3 is 15.1 Å². The predicted molar refractivity (Wildman–Crippen MR) is 114 cm³/mol. The number of carbonyl (C=O) groups is 1. The molecule has 0 saturated heterocycles. The van der Waals surface area contributed by atoms with Crippen LogP contribution in [0.3, 0.4) is 0 Å². The predicted octanol–water partition coefficient (Wildman–Crippen LogP) is 4.10. The van der Waals surface area contributed by atoms with E-state index in [1.807, 2.05) is 54.6 Å². The quantitative estimate of drug-likeness (QED) is 0.525. The standard InChI is InChI=1S/C23H16FN5O2/c24-16-12-10-15(11-13-16)22-28-29-23(31-22)27-20-21(30)25-18-9-5-4-8-17(18)19(26-20)14-6-2-1-3-7-14/h1-13,20H,(H,25,30)(H,27,29)/t20-/m1/s1. The first-order valence-electron chi connectivity index (χ1n) is 9.57. The molecule has 5 rings (SSSR count). The minimum atomic E-state index is -0.996. The highest BCUT2D eigenvalue weighted by Crippen LogP contribution is 2.25. The largest absolute Gasteiger partial charge is 0.403 e. The third-order valence-corrected chi connectivity index (χ3v) is 4.77. The molecule has 31 heavy (non-hydrogen) atoms. The molecule has 2 N–H and O–H groups in total. The molecule has 8 heteroatoms. The van der Waals surface area contributed by atoms with Gasteiger partial charge in [0.1, 0.15) is 5.82 Å².